The molecule has 28 heavy (non-hydrogen) atoms. The summed E-state index contributed by atoms with van der Waals surface area (Å²) in [5.41, 5.74) is 3.67. The molecule has 0 saturated carbocycles. The number of nitrogens with one attached hydrogen (secondary N) is 1. The third kappa shape index (κ3) is 5.94. The van der Waals surface area contributed by atoms with Gasteiger partial charge in [0.2, 0.25) is 0 Å². The van der Waals surface area contributed by atoms with Crippen molar-refractivity contribution in [3.05, 3.63) is 64.7 Å². The topological polar surface area (TPSA) is 24.5 Å². The lowest BCUT2D eigenvalue weighted by Gasteiger charge is -2.29. The zero-order valence-electron chi connectivity index (χ0n) is 16.9. The van der Waals surface area contributed by atoms with Gasteiger partial charge in [0.05, 0.1) is 6.10 Å². The summed E-state index contributed by atoms with van der Waals surface area (Å²) in [5.74, 6) is 0. The standard InChI is InChI=1S/C23H29ClN2OS/c1-23(2,3)18-8-6-17(7-9-18)15-26(16-21-5-4-14-27-21)22(28)25-20-12-10-19(24)11-13-20/h6-13,21H,4-5,14-16H2,1-3H3,(H,25,28). The fourth-order valence-corrected chi connectivity index (χ4v) is 3.70. The van der Waals surface area contributed by atoms with Crippen molar-refractivity contribution in [2.24, 2.45) is 0 Å². The highest BCUT2D eigenvalue weighted by Gasteiger charge is 2.21. The monoisotopic (exact) mass is 416 g/mol. The van der Waals surface area contributed by atoms with Crippen molar-refractivity contribution in [3.63, 3.8) is 0 Å². The molecule has 0 aliphatic carbocycles. The molecular weight excluding hydrogens is 388 g/mol. The highest BCUT2D eigenvalue weighted by atomic mass is 35.5. The molecule has 2 aromatic rings. The lowest BCUT2D eigenvalue weighted by molar-refractivity contribution is 0.0905. The van der Waals surface area contributed by atoms with Crippen LogP contribution in [0.4, 0.5) is 5.69 Å². The Hall–Kier alpha value is -1.62. The molecule has 0 bridgehead atoms. The molecule has 1 aliphatic heterocycles. The van der Waals surface area contributed by atoms with Crippen molar-refractivity contribution >= 4 is 34.6 Å². The van der Waals surface area contributed by atoms with E-state index in [0.717, 1.165) is 38.2 Å². The lowest BCUT2D eigenvalue weighted by Crippen LogP contribution is -2.39. The molecule has 3 nitrogen and oxygen atoms in total. The molecular formula is C23H29ClN2OS. The Labute approximate surface area is 179 Å². The van der Waals surface area contributed by atoms with Gasteiger partial charge in [-0.05, 0) is 65.9 Å². The normalized spacial score (nSPS) is 16.8. The zero-order chi connectivity index (χ0) is 20.1. The predicted molar refractivity (Wildman–Crippen MR) is 122 cm³/mol. The molecule has 1 N–H and O–H groups in total. The minimum absolute atomic E-state index is 0.154. The van der Waals surface area contributed by atoms with E-state index in [-0.39, 0.29) is 11.5 Å². The average molecular weight is 417 g/mol. The Bertz CT molecular complexity index is 778. The largest absolute Gasteiger partial charge is 0.376 e. The summed E-state index contributed by atoms with van der Waals surface area (Å²) in [5, 5.41) is 4.76. The van der Waals surface area contributed by atoms with E-state index in [2.05, 4.69) is 55.3 Å². The number of nitrogens with zero attached hydrogens (tertiary/aromatic N) is 1. The Balaban J connectivity index is 1.72. The van der Waals surface area contributed by atoms with E-state index in [4.69, 9.17) is 28.6 Å². The molecule has 3 rings (SSSR count). The Morgan fingerprint density at radius 1 is 1.14 bits per heavy atom. The van der Waals surface area contributed by atoms with Crippen LogP contribution in [0, 0.1) is 0 Å². The van der Waals surface area contributed by atoms with Gasteiger partial charge in [-0.3, -0.25) is 0 Å². The maximum atomic E-state index is 5.99. The van der Waals surface area contributed by atoms with Crippen LogP contribution in [-0.4, -0.2) is 29.3 Å². The summed E-state index contributed by atoms with van der Waals surface area (Å²) in [4.78, 5) is 2.20. The number of hydrogen-bond acceptors (Lipinski definition) is 2. The van der Waals surface area contributed by atoms with E-state index < -0.39 is 0 Å². The highest BCUT2D eigenvalue weighted by molar-refractivity contribution is 7.80. The maximum Gasteiger partial charge on any atom is 0.173 e. The highest BCUT2D eigenvalue weighted by Crippen LogP contribution is 2.23. The van der Waals surface area contributed by atoms with Gasteiger partial charge in [-0.15, -0.1) is 0 Å². The minimum Gasteiger partial charge on any atom is -0.376 e. The zero-order valence-corrected chi connectivity index (χ0v) is 18.4. The Kier molecular flexibility index (Phi) is 6.97. The number of thiocarbonyl (C=S) groups is 1. The SMILES string of the molecule is CC(C)(C)c1ccc(CN(CC2CCCO2)C(=S)Nc2ccc(Cl)cc2)cc1. The van der Waals surface area contributed by atoms with Crippen molar-refractivity contribution in [1.82, 2.24) is 4.90 Å². The molecule has 2 aromatic carbocycles. The van der Waals surface area contributed by atoms with E-state index in [0.29, 0.717) is 10.1 Å². The summed E-state index contributed by atoms with van der Waals surface area (Å²) in [7, 11) is 0. The van der Waals surface area contributed by atoms with E-state index in [9.17, 15) is 0 Å². The van der Waals surface area contributed by atoms with Crippen LogP contribution in [0.25, 0.3) is 0 Å². The number of benzene rings is 2. The van der Waals surface area contributed by atoms with Gasteiger partial charge >= 0.3 is 0 Å². The van der Waals surface area contributed by atoms with E-state index >= 15 is 0 Å². The molecule has 1 heterocycles. The third-order valence-corrected chi connectivity index (χ3v) is 5.64. The van der Waals surface area contributed by atoms with Crippen LogP contribution in [0.3, 0.4) is 0 Å². The molecule has 1 saturated heterocycles. The van der Waals surface area contributed by atoms with Crippen molar-refractivity contribution in [2.45, 2.75) is 51.7 Å². The molecule has 5 heteroatoms. The second-order valence-corrected chi connectivity index (χ2v) is 9.22. The van der Waals surface area contributed by atoms with Gasteiger partial charge in [-0.2, -0.15) is 0 Å². The minimum atomic E-state index is 0.154. The van der Waals surface area contributed by atoms with E-state index in [1.54, 1.807) is 0 Å². The molecule has 0 radical (unpaired) electrons. The lowest BCUT2D eigenvalue weighted by atomic mass is 9.87. The molecule has 1 fully saturated rings. The van der Waals surface area contributed by atoms with Crippen LogP contribution in [0.15, 0.2) is 48.5 Å². The van der Waals surface area contributed by atoms with Crippen LogP contribution in [0.5, 0.6) is 0 Å². The second kappa shape index (κ2) is 9.25. The first-order valence-corrected chi connectivity index (χ1v) is 10.6. The molecule has 150 valence electrons. The average Bonchev–Trinajstić information content (AvgIpc) is 3.16. The van der Waals surface area contributed by atoms with Crippen molar-refractivity contribution in [1.29, 1.82) is 0 Å². The molecule has 1 unspecified atom stereocenters. The van der Waals surface area contributed by atoms with Gasteiger partial charge in [0.25, 0.3) is 0 Å². The Morgan fingerprint density at radius 2 is 1.82 bits per heavy atom. The first kappa shape index (κ1) is 21.1. The molecule has 0 amide bonds. The fourth-order valence-electron chi connectivity index (χ4n) is 3.32. The first-order chi connectivity index (χ1) is 13.3. The molecule has 1 atom stereocenters. The van der Waals surface area contributed by atoms with Crippen LogP contribution < -0.4 is 5.32 Å². The van der Waals surface area contributed by atoms with Gasteiger partial charge in [-0.25, -0.2) is 0 Å². The quantitative estimate of drug-likeness (QED) is 0.602. The summed E-state index contributed by atoms with van der Waals surface area (Å²) in [6, 6.07) is 16.4. The number of rotatable bonds is 5. The summed E-state index contributed by atoms with van der Waals surface area (Å²) in [6.07, 6.45) is 2.44. The van der Waals surface area contributed by atoms with Gasteiger partial charge in [0.1, 0.15) is 0 Å². The van der Waals surface area contributed by atoms with Crippen LogP contribution in [-0.2, 0) is 16.7 Å². The summed E-state index contributed by atoms with van der Waals surface area (Å²) >= 11 is 11.7. The van der Waals surface area contributed by atoms with Gasteiger partial charge in [0, 0.05) is 30.4 Å². The maximum absolute atomic E-state index is 5.99. The number of hydrogen-bond donors (Lipinski definition) is 1. The molecule has 0 aromatic heterocycles. The summed E-state index contributed by atoms with van der Waals surface area (Å²) < 4.78 is 5.85. The van der Waals surface area contributed by atoms with Crippen molar-refractivity contribution < 1.29 is 4.74 Å². The molecule has 1 aliphatic rings. The third-order valence-electron chi connectivity index (χ3n) is 5.02. The summed E-state index contributed by atoms with van der Waals surface area (Å²) in [6.45, 7) is 9.09. The smallest absolute Gasteiger partial charge is 0.173 e. The van der Waals surface area contributed by atoms with Crippen LogP contribution >= 0.6 is 23.8 Å². The first-order valence-electron chi connectivity index (χ1n) is 9.84. The number of anilines is 1. The fraction of sp³-hybridized carbons (Fsp3) is 0.435. The molecule has 0 spiro atoms. The number of halogens is 1. The van der Waals surface area contributed by atoms with Crippen LogP contribution in [0.1, 0.15) is 44.7 Å². The van der Waals surface area contributed by atoms with E-state index in [1.807, 2.05) is 24.3 Å². The van der Waals surface area contributed by atoms with Crippen molar-refractivity contribution in [2.75, 3.05) is 18.5 Å². The van der Waals surface area contributed by atoms with Gasteiger partial charge in [0.15, 0.2) is 5.11 Å². The van der Waals surface area contributed by atoms with Gasteiger partial charge < -0.3 is 15.0 Å². The van der Waals surface area contributed by atoms with E-state index in [1.165, 1.54) is 11.1 Å². The van der Waals surface area contributed by atoms with Gasteiger partial charge in [-0.1, -0.05) is 56.6 Å². The van der Waals surface area contributed by atoms with Crippen LogP contribution in [0.2, 0.25) is 5.02 Å². The number of ether oxygens (including phenoxy) is 1. The second-order valence-electron chi connectivity index (χ2n) is 8.40. The van der Waals surface area contributed by atoms with Crippen molar-refractivity contribution in [3.8, 4) is 0 Å². The predicted octanol–water partition coefficient (Wildman–Crippen LogP) is 6.02. The Morgan fingerprint density at radius 3 is 2.39 bits per heavy atom.